The van der Waals surface area contributed by atoms with Gasteiger partial charge in [0.05, 0.1) is 43.0 Å². The van der Waals surface area contributed by atoms with Crippen molar-refractivity contribution in [3.63, 3.8) is 0 Å². The molecule has 62 heavy (non-hydrogen) atoms. The largest absolute Gasteiger partial charge is 0.453 e. The highest BCUT2D eigenvalue weighted by Crippen LogP contribution is 2.36. The Morgan fingerprint density at radius 2 is 1.21 bits per heavy atom. The van der Waals surface area contributed by atoms with Crippen LogP contribution in [0.15, 0.2) is 122 Å². The van der Waals surface area contributed by atoms with Crippen LogP contribution in [0.5, 0.6) is 0 Å². The molecule has 4 heterocycles. The maximum atomic E-state index is 14.1. The van der Waals surface area contributed by atoms with Gasteiger partial charge < -0.3 is 40.3 Å². The summed E-state index contributed by atoms with van der Waals surface area (Å²) in [5.74, 6) is 0.890. The summed E-state index contributed by atoms with van der Waals surface area (Å²) in [4.78, 5) is 72.0. The zero-order valence-corrected chi connectivity index (χ0v) is 34.8. The van der Waals surface area contributed by atoms with Crippen molar-refractivity contribution in [2.24, 2.45) is 5.73 Å². The Bertz CT molecular complexity index is 2510. The number of aromatic amines is 2. The fourth-order valence-corrected chi connectivity index (χ4v) is 8.72. The fourth-order valence-electron chi connectivity index (χ4n) is 8.72. The van der Waals surface area contributed by atoms with Crippen LogP contribution in [0.4, 0.5) is 9.59 Å². The molecule has 2 aliphatic heterocycles. The molecule has 318 valence electrons. The molecule has 4 atom stereocenters. The third-order valence-corrected chi connectivity index (χ3v) is 11.8. The number of aromatic nitrogens is 4. The van der Waals surface area contributed by atoms with Gasteiger partial charge in [0.2, 0.25) is 5.91 Å². The minimum atomic E-state index is -1.47. The SMILES string of the molecule is COC(=O)N[C@H](Cc1ccccc1)C(=O)N1CCC[C@H]1c1ncc(-c2ccc(-c3ccc(-c4cnc([C@@H]5CCCN5C(=O)[C@@](C)(Cc5ccccc5)OC(N)=O)[nH]4)cc3)cc2)[nH]1. The van der Waals surface area contributed by atoms with Crippen molar-refractivity contribution in [1.29, 1.82) is 0 Å². The molecule has 2 aliphatic rings. The first-order valence-corrected chi connectivity index (χ1v) is 20.9. The third-order valence-electron chi connectivity index (χ3n) is 11.8. The molecule has 14 heteroatoms. The zero-order chi connectivity index (χ0) is 43.2. The minimum absolute atomic E-state index is 0.174. The lowest BCUT2D eigenvalue weighted by Crippen LogP contribution is -2.51. The molecule has 14 nitrogen and oxygen atoms in total. The third kappa shape index (κ3) is 9.09. The van der Waals surface area contributed by atoms with E-state index >= 15 is 0 Å². The van der Waals surface area contributed by atoms with Crippen molar-refractivity contribution in [1.82, 2.24) is 35.1 Å². The number of carbonyl (C=O) groups excluding carboxylic acids is 4. The number of H-pyrrole nitrogens is 2. The number of ether oxygens (including phenoxy) is 2. The van der Waals surface area contributed by atoms with Gasteiger partial charge in [-0.1, -0.05) is 109 Å². The number of likely N-dealkylation sites (tertiary alicyclic amines) is 2. The molecule has 0 aliphatic carbocycles. The highest BCUT2D eigenvalue weighted by Gasteiger charge is 2.45. The van der Waals surface area contributed by atoms with Crippen molar-refractivity contribution in [2.75, 3.05) is 20.2 Å². The second-order valence-corrected chi connectivity index (χ2v) is 16.1. The first kappa shape index (κ1) is 41.5. The molecule has 0 spiro atoms. The molecule has 2 fully saturated rings. The molecule has 4 aromatic carbocycles. The first-order valence-electron chi connectivity index (χ1n) is 20.9. The van der Waals surface area contributed by atoms with Gasteiger partial charge in [0.25, 0.3) is 5.91 Å². The number of carbonyl (C=O) groups is 4. The molecule has 0 bridgehead atoms. The van der Waals surface area contributed by atoms with Gasteiger partial charge in [-0.05, 0) is 66.0 Å². The Hall–Kier alpha value is -7.22. The van der Waals surface area contributed by atoms with E-state index in [9.17, 15) is 19.2 Å². The second kappa shape index (κ2) is 18.2. The monoisotopic (exact) mass is 834 g/mol. The van der Waals surface area contributed by atoms with Gasteiger partial charge in [-0.15, -0.1) is 0 Å². The Kier molecular flexibility index (Phi) is 12.2. The minimum Gasteiger partial charge on any atom is -0.453 e. The van der Waals surface area contributed by atoms with Gasteiger partial charge in [0.15, 0.2) is 5.60 Å². The lowest BCUT2D eigenvalue weighted by atomic mass is 9.94. The van der Waals surface area contributed by atoms with Gasteiger partial charge in [0.1, 0.15) is 17.7 Å². The van der Waals surface area contributed by atoms with Crippen LogP contribution in [-0.2, 0) is 31.9 Å². The van der Waals surface area contributed by atoms with Crippen LogP contribution in [-0.4, -0.2) is 85.6 Å². The number of rotatable bonds is 13. The Labute approximate surface area is 359 Å². The number of amides is 4. The van der Waals surface area contributed by atoms with Crippen LogP contribution in [0.1, 0.15) is 67.5 Å². The molecule has 4 amide bonds. The maximum Gasteiger partial charge on any atom is 0.407 e. The highest BCUT2D eigenvalue weighted by molar-refractivity contribution is 5.88. The smallest absolute Gasteiger partial charge is 0.407 e. The van der Waals surface area contributed by atoms with E-state index in [4.69, 9.17) is 25.2 Å². The predicted octanol–water partition coefficient (Wildman–Crippen LogP) is 7.52. The number of alkyl carbamates (subject to hydrolysis) is 1. The van der Waals surface area contributed by atoms with Crippen molar-refractivity contribution in [2.45, 2.75) is 69.2 Å². The molecule has 0 unspecified atom stereocenters. The number of benzene rings is 4. The quantitative estimate of drug-likeness (QED) is 0.0919. The number of primary amides is 1. The van der Waals surface area contributed by atoms with Crippen LogP contribution < -0.4 is 11.1 Å². The van der Waals surface area contributed by atoms with E-state index in [2.05, 4.69) is 39.6 Å². The maximum absolute atomic E-state index is 14.1. The number of nitrogens with one attached hydrogen (secondary N) is 3. The van der Waals surface area contributed by atoms with Gasteiger partial charge in [0, 0.05) is 25.9 Å². The van der Waals surface area contributed by atoms with Gasteiger partial charge in [-0.2, -0.15) is 0 Å². The fraction of sp³-hybridized carbons (Fsp3) is 0.292. The molecule has 6 aromatic rings. The van der Waals surface area contributed by atoms with Crippen LogP contribution in [0, 0.1) is 0 Å². The van der Waals surface area contributed by atoms with Crippen LogP contribution in [0.2, 0.25) is 0 Å². The van der Waals surface area contributed by atoms with Gasteiger partial charge >= 0.3 is 12.2 Å². The van der Waals surface area contributed by atoms with E-state index in [0.29, 0.717) is 31.2 Å². The number of methoxy groups -OCH3 is 1. The molecular formula is C48H50N8O6. The number of hydrogen-bond acceptors (Lipinski definition) is 8. The summed E-state index contributed by atoms with van der Waals surface area (Å²) in [6.45, 7) is 2.69. The first-order chi connectivity index (χ1) is 30.1. The molecule has 0 saturated carbocycles. The Morgan fingerprint density at radius 3 is 1.73 bits per heavy atom. The van der Waals surface area contributed by atoms with E-state index in [1.54, 1.807) is 29.1 Å². The van der Waals surface area contributed by atoms with Crippen LogP contribution in [0.3, 0.4) is 0 Å². The number of nitrogens with zero attached hydrogens (tertiary/aromatic N) is 4. The van der Waals surface area contributed by atoms with Crippen molar-refractivity contribution in [3.05, 3.63) is 144 Å². The van der Waals surface area contributed by atoms with E-state index < -0.39 is 23.8 Å². The lowest BCUT2D eigenvalue weighted by molar-refractivity contribution is -0.150. The summed E-state index contributed by atoms with van der Waals surface area (Å²) in [5.41, 5.74) is 11.4. The Balaban J connectivity index is 0.920. The lowest BCUT2D eigenvalue weighted by Gasteiger charge is -2.34. The van der Waals surface area contributed by atoms with E-state index in [1.165, 1.54) is 7.11 Å². The van der Waals surface area contributed by atoms with Crippen molar-refractivity contribution >= 4 is 24.0 Å². The molecule has 2 saturated heterocycles. The summed E-state index contributed by atoms with van der Waals surface area (Å²) in [7, 11) is 1.29. The number of hydrogen-bond donors (Lipinski definition) is 4. The number of nitrogens with two attached hydrogens (primary N) is 1. The van der Waals surface area contributed by atoms with E-state index in [1.807, 2.05) is 84.9 Å². The summed E-state index contributed by atoms with van der Waals surface area (Å²) >= 11 is 0. The van der Waals surface area contributed by atoms with E-state index in [-0.39, 0.29) is 30.3 Å². The molecular weight excluding hydrogens is 785 g/mol. The molecule has 5 N–H and O–H groups in total. The van der Waals surface area contributed by atoms with Gasteiger partial charge in [-0.3, -0.25) is 9.59 Å². The van der Waals surface area contributed by atoms with Gasteiger partial charge in [-0.25, -0.2) is 19.6 Å². The van der Waals surface area contributed by atoms with Crippen molar-refractivity contribution < 1.29 is 28.7 Å². The summed E-state index contributed by atoms with van der Waals surface area (Å²) in [6.07, 6.45) is 5.55. The topological polar surface area (TPSA) is 189 Å². The summed E-state index contributed by atoms with van der Waals surface area (Å²) in [6, 6.07) is 34.1. The second-order valence-electron chi connectivity index (χ2n) is 16.1. The van der Waals surface area contributed by atoms with Crippen LogP contribution >= 0.6 is 0 Å². The highest BCUT2D eigenvalue weighted by atomic mass is 16.6. The average Bonchev–Trinajstić information content (AvgIpc) is 4.14. The standard InChI is InChI=1S/C48H50N8O6/c1-48(62-46(49)59,28-32-13-7-4-8-14-32)45(58)56-26-10-16-41(56)43-51-30-39(53-43)36-23-19-34(20-24-36)33-17-21-35(22-18-33)38-29-50-42(52-38)40-15-9-25-55(40)44(57)37(54-47(60)61-2)27-31-11-5-3-6-12-31/h3-8,11-14,17-24,29-30,37,40-41H,9-10,15-16,25-28H2,1-2H3,(H2,49,59)(H,50,52)(H,51,53)(H,54,60)/t37-,40+,41+,48-/m1/s1. The van der Waals surface area contributed by atoms with Crippen LogP contribution in [0.25, 0.3) is 33.6 Å². The zero-order valence-electron chi connectivity index (χ0n) is 34.8. The normalized spacial score (nSPS) is 17.6. The molecule has 8 rings (SSSR count). The molecule has 0 radical (unpaired) electrons. The average molecular weight is 835 g/mol. The number of imidazole rings is 2. The summed E-state index contributed by atoms with van der Waals surface area (Å²) in [5, 5.41) is 2.74. The Morgan fingerprint density at radius 1 is 0.726 bits per heavy atom. The van der Waals surface area contributed by atoms with Crippen molar-refractivity contribution in [3.8, 4) is 33.6 Å². The summed E-state index contributed by atoms with van der Waals surface area (Å²) < 4.78 is 10.3. The molecule has 2 aromatic heterocycles. The predicted molar refractivity (Wildman–Crippen MR) is 233 cm³/mol. The van der Waals surface area contributed by atoms with E-state index in [0.717, 1.165) is 70.5 Å².